The Balaban J connectivity index is 1.55. The third kappa shape index (κ3) is 6.40. The van der Waals surface area contributed by atoms with E-state index in [0.717, 1.165) is 28.7 Å². The predicted octanol–water partition coefficient (Wildman–Crippen LogP) is 4.44. The molecular formula is C22H23ClN4O2. The second-order valence-corrected chi connectivity index (χ2v) is 6.74. The van der Waals surface area contributed by atoms with Crippen LogP contribution in [0.5, 0.6) is 0 Å². The number of amides is 1. The van der Waals surface area contributed by atoms with Crippen LogP contribution in [0.15, 0.2) is 76.3 Å². The van der Waals surface area contributed by atoms with Crippen molar-refractivity contribution in [3.8, 4) is 0 Å². The van der Waals surface area contributed by atoms with E-state index in [1.54, 1.807) is 12.1 Å². The van der Waals surface area contributed by atoms with Gasteiger partial charge in [0.15, 0.2) is 11.7 Å². The number of anilines is 1. The van der Waals surface area contributed by atoms with Crippen molar-refractivity contribution >= 4 is 29.2 Å². The van der Waals surface area contributed by atoms with E-state index < -0.39 is 0 Å². The smallest absolute Gasteiger partial charge is 0.291 e. The fourth-order valence-corrected chi connectivity index (χ4v) is 2.72. The summed E-state index contributed by atoms with van der Waals surface area (Å²) >= 11 is 5.92. The van der Waals surface area contributed by atoms with Gasteiger partial charge in [-0.15, -0.1) is 0 Å². The topological polar surface area (TPSA) is 78.7 Å². The van der Waals surface area contributed by atoms with Crippen LogP contribution >= 0.6 is 11.6 Å². The van der Waals surface area contributed by atoms with Gasteiger partial charge in [-0.2, -0.15) is 0 Å². The van der Waals surface area contributed by atoms with Gasteiger partial charge in [-0.25, -0.2) is 4.99 Å². The third-order valence-electron chi connectivity index (χ3n) is 4.09. The average Bonchev–Trinajstić information content (AvgIpc) is 3.27. The highest BCUT2D eigenvalue weighted by molar-refractivity contribution is 6.30. The summed E-state index contributed by atoms with van der Waals surface area (Å²) in [6.07, 6.45) is 1.47. The number of aliphatic imine (C=N–C) groups is 1. The molecule has 3 N–H and O–H groups in total. The zero-order valence-electron chi connectivity index (χ0n) is 16.1. The monoisotopic (exact) mass is 410 g/mol. The van der Waals surface area contributed by atoms with E-state index in [1.807, 2.05) is 55.5 Å². The van der Waals surface area contributed by atoms with E-state index >= 15 is 0 Å². The number of furan rings is 1. The van der Waals surface area contributed by atoms with Gasteiger partial charge in [0.05, 0.1) is 12.8 Å². The fourth-order valence-electron chi connectivity index (χ4n) is 2.59. The summed E-state index contributed by atoms with van der Waals surface area (Å²) in [5, 5.41) is 10.1. The Morgan fingerprint density at radius 2 is 1.72 bits per heavy atom. The van der Waals surface area contributed by atoms with Crippen molar-refractivity contribution in [3.63, 3.8) is 0 Å². The summed E-state index contributed by atoms with van der Waals surface area (Å²) in [4.78, 5) is 16.6. The lowest BCUT2D eigenvalue weighted by Crippen LogP contribution is -2.36. The molecule has 0 atom stereocenters. The van der Waals surface area contributed by atoms with Gasteiger partial charge in [0.2, 0.25) is 0 Å². The zero-order chi connectivity index (χ0) is 20.5. The molecule has 3 rings (SSSR count). The van der Waals surface area contributed by atoms with Crippen molar-refractivity contribution < 1.29 is 9.21 Å². The van der Waals surface area contributed by atoms with Crippen LogP contribution in [-0.2, 0) is 13.1 Å². The van der Waals surface area contributed by atoms with Crippen LogP contribution in [0.4, 0.5) is 5.69 Å². The molecule has 0 fully saturated rings. The standard InChI is InChI=1S/C22H23ClN4O2/c1-2-24-22(25-14-16-5-9-18(23)10-6-16)26-15-17-7-11-19(12-8-17)27-21(28)20-4-3-13-29-20/h3-13H,2,14-15H2,1H3,(H,27,28)(H2,24,25,26). The van der Waals surface area contributed by atoms with Gasteiger partial charge in [-0.1, -0.05) is 35.9 Å². The zero-order valence-corrected chi connectivity index (χ0v) is 16.9. The molecular weight excluding hydrogens is 388 g/mol. The summed E-state index contributed by atoms with van der Waals surface area (Å²) in [5.41, 5.74) is 2.85. The molecule has 0 aliphatic carbocycles. The Morgan fingerprint density at radius 3 is 2.38 bits per heavy atom. The van der Waals surface area contributed by atoms with Crippen molar-refractivity contribution in [2.75, 3.05) is 11.9 Å². The van der Waals surface area contributed by atoms with E-state index in [2.05, 4.69) is 20.9 Å². The molecule has 0 bridgehead atoms. The number of carbonyl (C=O) groups is 1. The molecule has 0 saturated carbocycles. The first-order chi connectivity index (χ1) is 14.1. The number of benzene rings is 2. The van der Waals surface area contributed by atoms with Crippen molar-refractivity contribution in [3.05, 3.63) is 88.8 Å². The molecule has 1 heterocycles. The highest BCUT2D eigenvalue weighted by Gasteiger charge is 2.08. The van der Waals surface area contributed by atoms with Gasteiger partial charge < -0.3 is 20.4 Å². The summed E-state index contributed by atoms with van der Waals surface area (Å²) in [7, 11) is 0. The number of rotatable bonds is 7. The van der Waals surface area contributed by atoms with Crippen LogP contribution in [0.1, 0.15) is 28.6 Å². The van der Waals surface area contributed by atoms with Crippen LogP contribution < -0.4 is 16.0 Å². The molecule has 7 heteroatoms. The Hall–Kier alpha value is -3.25. The minimum atomic E-state index is -0.276. The van der Waals surface area contributed by atoms with Gasteiger partial charge in [-0.3, -0.25) is 4.79 Å². The SMILES string of the molecule is CCNC(=NCc1ccc(NC(=O)c2ccco2)cc1)NCc1ccc(Cl)cc1. The average molecular weight is 411 g/mol. The molecule has 0 unspecified atom stereocenters. The normalized spacial score (nSPS) is 11.2. The Bertz CT molecular complexity index is 936. The number of carbonyl (C=O) groups excluding carboxylic acids is 1. The number of hydrogen-bond acceptors (Lipinski definition) is 3. The van der Waals surface area contributed by atoms with Gasteiger partial charge in [0.1, 0.15) is 0 Å². The summed E-state index contributed by atoms with van der Waals surface area (Å²) < 4.78 is 5.09. The minimum absolute atomic E-state index is 0.276. The van der Waals surface area contributed by atoms with Crippen LogP contribution in [0.2, 0.25) is 5.02 Å². The molecule has 1 aromatic heterocycles. The number of nitrogens with zero attached hydrogens (tertiary/aromatic N) is 1. The minimum Gasteiger partial charge on any atom is -0.459 e. The van der Waals surface area contributed by atoms with Gasteiger partial charge >= 0.3 is 0 Å². The number of halogens is 1. The molecule has 6 nitrogen and oxygen atoms in total. The predicted molar refractivity (Wildman–Crippen MR) is 116 cm³/mol. The summed E-state index contributed by atoms with van der Waals surface area (Å²) in [5.74, 6) is 0.736. The molecule has 0 saturated heterocycles. The van der Waals surface area contributed by atoms with Crippen molar-refractivity contribution in [2.45, 2.75) is 20.0 Å². The Labute approximate surface area is 175 Å². The van der Waals surface area contributed by atoms with Crippen LogP contribution in [0, 0.1) is 0 Å². The molecule has 0 radical (unpaired) electrons. The van der Waals surface area contributed by atoms with Gasteiger partial charge in [0, 0.05) is 23.8 Å². The second kappa shape index (κ2) is 10.3. The molecule has 3 aromatic rings. The Morgan fingerprint density at radius 1 is 1.00 bits per heavy atom. The largest absolute Gasteiger partial charge is 0.459 e. The maximum Gasteiger partial charge on any atom is 0.291 e. The highest BCUT2D eigenvalue weighted by Crippen LogP contribution is 2.13. The Kier molecular flexibility index (Phi) is 7.30. The van der Waals surface area contributed by atoms with E-state index in [-0.39, 0.29) is 11.7 Å². The van der Waals surface area contributed by atoms with Gasteiger partial charge in [-0.05, 0) is 54.4 Å². The maximum absolute atomic E-state index is 12.0. The van der Waals surface area contributed by atoms with E-state index in [1.165, 1.54) is 6.26 Å². The first-order valence-corrected chi connectivity index (χ1v) is 9.72. The highest BCUT2D eigenvalue weighted by atomic mass is 35.5. The van der Waals surface area contributed by atoms with Crippen LogP contribution in [-0.4, -0.2) is 18.4 Å². The molecule has 2 aromatic carbocycles. The van der Waals surface area contributed by atoms with Crippen molar-refractivity contribution in [1.29, 1.82) is 0 Å². The second-order valence-electron chi connectivity index (χ2n) is 6.30. The summed E-state index contributed by atoms with van der Waals surface area (Å²) in [6, 6.07) is 18.6. The first kappa shape index (κ1) is 20.5. The summed E-state index contributed by atoms with van der Waals surface area (Å²) in [6.45, 7) is 3.96. The van der Waals surface area contributed by atoms with Crippen LogP contribution in [0.3, 0.4) is 0 Å². The molecule has 0 aliphatic heterocycles. The van der Waals surface area contributed by atoms with E-state index in [4.69, 9.17) is 16.0 Å². The van der Waals surface area contributed by atoms with Crippen molar-refractivity contribution in [1.82, 2.24) is 10.6 Å². The van der Waals surface area contributed by atoms with Crippen LogP contribution in [0.25, 0.3) is 0 Å². The molecule has 0 spiro atoms. The number of nitrogens with one attached hydrogen (secondary N) is 3. The maximum atomic E-state index is 12.0. The number of hydrogen-bond donors (Lipinski definition) is 3. The molecule has 150 valence electrons. The third-order valence-corrected chi connectivity index (χ3v) is 4.35. The lowest BCUT2D eigenvalue weighted by Gasteiger charge is -2.11. The first-order valence-electron chi connectivity index (χ1n) is 9.34. The van der Waals surface area contributed by atoms with Gasteiger partial charge in [0.25, 0.3) is 5.91 Å². The lowest BCUT2D eigenvalue weighted by atomic mass is 10.2. The van der Waals surface area contributed by atoms with E-state index in [0.29, 0.717) is 18.8 Å². The fraction of sp³-hybridized carbons (Fsp3) is 0.182. The van der Waals surface area contributed by atoms with Crippen molar-refractivity contribution in [2.24, 2.45) is 4.99 Å². The lowest BCUT2D eigenvalue weighted by molar-refractivity contribution is 0.0996. The molecule has 29 heavy (non-hydrogen) atoms. The molecule has 0 aliphatic rings. The molecule has 1 amide bonds. The quantitative estimate of drug-likeness (QED) is 0.397. The van der Waals surface area contributed by atoms with E-state index in [9.17, 15) is 4.79 Å². The number of guanidine groups is 1.